The van der Waals surface area contributed by atoms with Crippen LogP contribution in [0.15, 0.2) is 41.3 Å². The molecule has 1 aliphatic heterocycles. The molecule has 1 fully saturated rings. The van der Waals surface area contributed by atoms with Crippen LogP contribution in [0.1, 0.15) is 18.4 Å². The van der Waals surface area contributed by atoms with Crippen LogP contribution in [0.25, 0.3) is 0 Å². The number of rotatable bonds is 6. The lowest BCUT2D eigenvalue weighted by Gasteiger charge is -2.30. The molecule has 0 saturated carbocycles. The fourth-order valence-electron chi connectivity index (χ4n) is 3.52. The molecule has 0 atom stereocenters. The predicted molar refractivity (Wildman–Crippen MR) is 116 cm³/mol. The lowest BCUT2D eigenvalue weighted by Crippen LogP contribution is -2.41. The smallest absolute Gasteiger partial charge is 0.416 e. The molecule has 2 aromatic carbocycles. The molecule has 0 radical (unpaired) electrons. The summed E-state index contributed by atoms with van der Waals surface area (Å²) in [5.74, 6) is -0.433. The first-order chi connectivity index (χ1) is 15.5. The summed E-state index contributed by atoms with van der Waals surface area (Å²) in [6, 6.07) is 6.93. The molecule has 33 heavy (non-hydrogen) atoms. The predicted octanol–water partition coefficient (Wildman–Crippen LogP) is 4.42. The summed E-state index contributed by atoms with van der Waals surface area (Å²) < 4.78 is 76.4. The Kier molecular flexibility index (Phi) is 7.45. The third-order valence-corrected chi connectivity index (χ3v) is 7.59. The Hall–Kier alpha value is -2.50. The van der Waals surface area contributed by atoms with Gasteiger partial charge in [-0.15, -0.1) is 0 Å². The molecule has 1 amide bonds. The number of carbonyl (C=O) groups excluding carboxylic acids is 1. The molecule has 12 heteroatoms. The lowest BCUT2D eigenvalue weighted by molar-refractivity contribution is -0.137. The summed E-state index contributed by atoms with van der Waals surface area (Å²) in [6.07, 6.45) is -4.17. The molecule has 0 spiro atoms. The quantitative estimate of drug-likeness (QED) is 0.627. The first-order valence-corrected chi connectivity index (χ1v) is 11.7. The van der Waals surface area contributed by atoms with Gasteiger partial charge in [0.05, 0.1) is 35.4 Å². The molecule has 2 aromatic rings. The number of hydrogen-bond acceptors (Lipinski definition) is 5. The third-order valence-electron chi connectivity index (χ3n) is 5.37. The van der Waals surface area contributed by atoms with Crippen molar-refractivity contribution < 1.29 is 35.9 Å². The third kappa shape index (κ3) is 5.53. The highest BCUT2D eigenvalue weighted by Gasteiger charge is 2.34. The molecule has 180 valence electrons. The summed E-state index contributed by atoms with van der Waals surface area (Å²) in [5, 5.41) is 2.41. The maximum absolute atomic E-state index is 13.0. The monoisotopic (exact) mass is 506 g/mol. The lowest BCUT2D eigenvalue weighted by atomic mass is 9.97. The van der Waals surface area contributed by atoms with Gasteiger partial charge in [-0.05, 0) is 43.2 Å². The number of anilines is 1. The topological polar surface area (TPSA) is 84.9 Å². The molecule has 0 bridgehead atoms. The molecule has 1 heterocycles. The molecule has 0 aliphatic carbocycles. The van der Waals surface area contributed by atoms with Gasteiger partial charge in [0, 0.05) is 25.1 Å². The van der Waals surface area contributed by atoms with Gasteiger partial charge in [-0.3, -0.25) is 4.79 Å². The zero-order chi connectivity index (χ0) is 24.4. The van der Waals surface area contributed by atoms with Gasteiger partial charge in [-0.1, -0.05) is 11.6 Å². The van der Waals surface area contributed by atoms with Crippen molar-refractivity contribution in [2.75, 3.05) is 32.6 Å². The normalized spacial score (nSPS) is 15.8. The highest BCUT2D eigenvalue weighted by Crippen LogP contribution is 2.35. The minimum Gasteiger partial charge on any atom is -0.493 e. The van der Waals surface area contributed by atoms with Crippen LogP contribution in [-0.4, -0.2) is 45.9 Å². The Balaban J connectivity index is 1.68. The van der Waals surface area contributed by atoms with E-state index < -0.39 is 33.6 Å². The van der Waals surface area contributed by atoms with Gasteiger partial charge in [-0.2, -0.15) is 17.5 Å². The number of halogens is 4. The Morgan fingerprint density at radius 2 is 1.70 bits per heavy atom. The molecule has 1 aliphatic rings. The van der Waals surface area contributed by atoms with Gasteiger partial charge in [0.15, 0.2) is 11.5 Å². The van der Waals surface area contributed by atoms with E-state index in [1.807, 2.05) is 0 Å². The van der Waals surface area contributed by atoms with Gasteiger partial charge < -0.3 is 14.8 Å². The van der Waals surface area contributed by atoms with E-state index in [1.54, 1.807) is 0 Å². The molecule has 1 saturated heterocycles. The molecule has 3 rings (SSSR count). The fraction of sp³-hybridized carbons (Fsp3) is 0.381. The van der Waals surface area contributed by atoms with E-state index in [1.165, 1.54) is 36.7 Å². The number of ether oxygens (including phenoxy) is 2. The SMILES string of the molecule is COc1ccc(S(=O)(=O)N2CCC(C(=O)Nc3cc(C(F)(F)F)ccc3Cl)CC2)cc1OC. The molecule has 1 N–H and O–H groups in total. The summed E-state index contributed by atoms with van der Waals surface area (Å²) in [5.41, 5.74) is -1.07. The van der Waals surface area contributed by atoms with Crippen LogP contribution in [0.2, 0.25) is 5.02 Å². The second-order valence-corrected chi connectivity index (χ2v) is 9.72. The number of alkyl halides is 3. The van der Waals surface area contributed by atoms with Crippen LogP contribution < -0.4 is 14.8 Å². The molecule has 0 unspecified atom stereocenters. The van der Waals surface area contributed by atoms with Crippen molar-refractivity contribution in [2.45, 2.75) is 23.9 Å². The highest BCUT2D eigenvalue weighted by atomic mass is 35.5. The average Bonchev–Trinajstić information content (AvgIpc) is 2.79. The summed E-state index contributed by atoms with van der Waals surface area (Å²) in [6.45, 7) is 0.149. The Morgan fingerprint density at radius 3 is 2.27 bits per heavy atom. The van der Waals surface area contributed by atoms with E-state index in [2.05, 4.69) is 5.32 Å². The standard InChI is InChI=1S/C21H22ClF3N2O5S/c1-31-18-6-4-15(12-19(18)32-2)33(29,30)27-9-7-13(8-10-27)20(28)26-17-11-14(21(23,24)25)3-5-16(17)22/h3-6,11-13H,7-10H2,1-2H3,(H,26,28). The van der Waals surface area contributed by atoms with Crippen LogP contribution in [0.5, 0.6) is 11.5 Å². The van der Waals surface area contributed by atoms with E-state index in [4.69, 9.17) is 21.1 Å². The zero-order valence-electron chi connectivity index (χ0n) is 17.8. The van der Waals surface area contributed by atoms with E-state index >= 15 is 0 Å². The highest BCUT2D eigenvalue weighted by molar-refractivity contribution is 7.89. The Bertz CT molecular complexity index is 1130. The number of benzene rings is 2. The van der Waals surface area contributed by atoms with Gasteiger partial charge in [0.2, 0.25) is 15.9 Å². The minimum absolute atomic E-state index is 0.0233. The van der Waals surface area contributed by atoms with Crippen LogP contribution in [0.3, 0.4) is 0 Å². The average molecular weight is 507 g/mol. The molecular weight excluding hydrogens is 485 g/mol. The van der Waals surface area contributed by atoms with Crippen molar-refractivity contribution >= 4 is 33.2 Å². The number of methoxy groups -OCH3 is 2. The van der Waals surface area contributed by atoms with Crippen LogP contribution in [-0.2, 0) is 21.0 Å². The maximum atomic E-state index is 13.0. The largest absolute Gasteiger partial charge is 0.493 e. The van der Waals surface area contributed by atoms with Gasteiger partial charge in [-0.25, -0.2) is 8.42 Å². The van der Waals surface area contributed by atoms with Crippen molar-refractivity contribution in [1.82, 2.24) is 4.31 Å². The van der Waals surface area contributed by atoms with Crippen LogP contribution in [0.4, 0.5) is 18.9 Å². The van der Waals surface area contributed by atoms with Crippen LogP contribution >= 0.6 is 11.6 Å². The number of nitrogens with one attached hydrogen (secondary N) is 1. The van der Waals surface area contributed by atoms with E-state index in [0.29, 0.717) is 5.75 Å². The van der Waals surface area contributed by atoms with Gasteiger partial charge in [0.25, 0.3) is 0 Å². The number of piperidine rings is 1. The first kappa shape index (κ1) is 25.1. The van der Waals surface area contributed by atoms with Gasteiger partial charge in [0.1, 0.15) is 0 Å². The molecule has 0 aromatic heterocycles. The maximum Gasteiger partial charge on any atom is 0.416 e. The van der Waals surface area contributed by atoms with Crippen molar-refractivity contribution in [3.63, 3.8) is 0 Å². The first-order valence-electron chi connectivity index (χ1n) is 9.87. The van der Waals surface area contributed by atoms with Crippen molar-refractivity contribution in [2.24, 2.45) is 5.92 Å². The van der Waals surface area contributed by atoms with E-state index in [9.17, 15) is 26.4 Å². The second-order valence-electron chi connectivity index (χ2n) is 7.38. The van der Waals surface area contributed by atoms with Gasteiger partial charge >= 0.3 is 6.18 Å². The second kappa shape index (κ2) is 9.78. The minimum atomic E-state index is -4.58. The number of nitrogens with zero attached hydrogens (tertiary/aromatic N) is 1. The number of amides is 1. The van der Waals surface area contributed by atoms with E-state index in [-0.39, 0.29) is 47.3 Å². The number of sulfonamides is 1. The summed E-state index contributed by atoms with van der Waals surface area (Å²) >= 11 is 5.94. The van der Waals surface area contributed by atoms with Crippen molar-refractivity contribution in [3.05, 3.63) is 47.0 Å². The summed E-state index contributed by atoms with van der Waals surface area (Å²) in [7, 11) is -1.000. The zero-order valence-corrected chi connectivity index (χ0v) is 19.4. The van der Waals surface area contributed by atoms with E-state index in [0.717, 1.165) is 18.2 Å². The Morgan fingerprint density at radius 1 is 1.06 bits per heavy atom. The molecule has 7 nitrogen and oxygen atoms in total. The summed E-state index contributed by atoms with van der Waals surface area (Å²) in [4.78, 5) is 12.6. The molecular formula is C21H22ClF3N2O5S. The Labute approximate surface area is 194 Å². The van der Waals surface area contributed by atoms with Crippen molar-refractivity contribution in [3.8, 4) is 11.5 Å². The number of carbonyl (C=O) groups is 1. The number of hydrogen-bond donors (Lipinski definition) is 1. The van der Waals surface area contributed by atoms with Crippen molar-refractivity contribution in [1.29, 1.82) is 0 Å². The fourth-order valence-corrected chi connectivity index (χ4v) is 5.17. The van der Waals surface area contributed by atoms with Crippen LogP contribution in [0, 0.1) is 5.92 Å².